The number of nitrogens with zero attached hydrogens (tertiary/aromatic N) is 3. The molecule has 1 aliphatic heterocycles. The molecule has 1 saturated heterocycles. The number of piperidine rings is 1. The van der Waals surface area contributed by atoms with Gasteiger partial charge in [0.1, 0.15) is 18.3 Å². The number of halogens is 2. The van der Waals surface area contributed by atoms with Crippen LogP contribution in [0.25, 0.3) is 11.3 Å². The van der Waals surface area contributed by atoms with Gasteiger partial charge < -0.3 is 10.2 Å². The van der Waals surface area contributed by atoms with Gasteiger partial charge >= 0.3 is 0 Å². The van der Waals surface area contributed by atoms with Crippen molar-refractivity contribution in [3.63, 3.8) is 0 Å². The predicted octanol–water partition coefficient (Wildman–Crippen LogP) is 3.16. The van der Waals surface area contributed by atoms with E-state index in [1.807, 2.05) is 36.1 Å². The molecular weight excluding hydrogens is 343 g/mol. The lowest BCUT2D eigenvalue weighted by atomic mass is 10.0. The van der Waals surface area contributed by atoms with Gasteiger partial charge in [-0.25, -0.2) is 14.4 Å². The summed E-state index contributed by atoms with van der Waals surface area (Å²) in [5.74, 6) is 0.465. The number of aromatic nitrogens is 2. The molecule has 0 radical (unpaired) electrons. The number of rotatable bonds is 3. The Labute approximate surface area is 151 Å². The number of carbonyl (C=O) groups is 1. The van der Waals surface area contributed by atoms with Crippen LogP contribution in [0.4, 0.5) is 10.2 Å². The van der Waals surface area contributed by atoms with Crippen LogP contribution >= 0.6 is 11.6 Å². The quantitative estimate of drug-likeness (QED) is 0.911. The molecule has 1 aromatic heterocycles. The number of carbonyl (C=O) groups excluding carboxylic acids is 1. The molecule has 1 fully saturated rings. The monoisotopic (exact) mass is 362 g/mol. The molecule has 1 aromatic carbocycles. The van der Waals surface area contributed by atoms with Gasteiger partial charge in [-0.3, -0.25) is 4.79 Å². The van der Waals surface area contributed by atoms with Gasteiger partial charge in [0.05, 0.1) is 18.3 Å². The first-order chi connectivity index (χ1) is 11.9. The second-order valence-corrected chi connectivity index (χ2v) is 6.69. The molecule has 2 heterocycles. The molecule has 7 heteroatoms. The van der Waals surface area contributed by atoms with Gasteiger partial charge in [-0.1, -0.05) is 23.7 Å². The highest BCUT2D eigenvalue weighted by Gasteiger charge is 2.30. The zero-order valence-electron chi connectivity index (χ0n) is 14.2. The van der Waals surface area contributed by atoms with Crippen LogP contribution in [0.15, 0.2) is 30.6 Å². The van der Waals surface area contributed by atoms with Gasteiger partial charge in [0.25, 0.3) is 0 Å². The van der Waals surface area contributed by atoms with Crippen molar-refractivity contribution in [3.8, 4) is 11.3 Å². The topological polar surface area (TPSA) is 58.1 Å². The van der Waals surface area contributed by atoms with Crippen molar-refractivity contribution in [2.75, 3.05) is 18.0 Å². The average molecular weight is 363 g/mol. The van der Waals surface area contributed by atoms with Crippen molar-refractivity contribution < 1.29 is 9.18 Å². The fourth-order valence-corrected chi connectivity index (χ4v) is 3.15. The molecule has 2 atom stereocenters. The summed E-state index contributed by atoms with van der Waals surface area (Å²) in [5.41, 5.74) is 2.63. The lowest BCUT2D eigenvalue weighted by Gasteiger charge is -2.35. The maximum atomic E-state index is 14.3. The Bertz CT molecular complexity index is 785. The zero-order valence-corrected chi connectivity index (χ0v) is 14.9. The lowest BCUT2D eigenvalue weighted by molar-refractivity contribution is -0.120. The summed E-state index contributed by atoms with van der Waals surface area (Å²) in [6, 6.07) is 7.16. The lowest BCUT2D eigenvalue weighted by Crippen LogP contribution is -2.52. The Hall–Kier alpha value is -2.21. The van der Waals surface area contributed by atoms with E-state index in [0.29, 0.717) is 23.8 Å². The third-order valence-electron chi connectivity index (χ3n) is 4.37. The number of nitrogens with one attached hydrogen (secondary N) is 1. The molecule has 0 spiro atoms. The number of benzene rings is 1. The molecule has 1 amide bonds. The number of anilines is 1. The largest absolute Gasteiger partial charge is 0.353 e. The van der Waals surface area contributed by atoms with Gasteiger partial charge in [-0.15, -0.1) is 0 Å². The standard InChI is InChI=1S/C18H20ClFN4O/c1-11-3-4-13(7-14(11)19)17-8-18(22-10-21-17)24-6-5-16(15(20)9-24)23-12(2)25/h3-4,7-8,10,15-16H,5-6,9H2,1-2H3,(H,23,25)/t15-,16-/m1/s1. The minimum absolute atomic E-state index is 0.191. The van der Waals surface area contributed by atoms with E-state index in [0.717, 1.165) is 16.8 Å². The van der Waals surface area contributed by atoms with Crippen LogP contribution in [0.5, 0.6) is 0 Å². The van der Waals surface area contributed by atoms with Crippen LogP contribution in [0.1, 0.15) is 18.9 Å². The van der Waals surface area contributed by atoms with Gasteiger partial charge in [-0.2, -0.15) is 0 Å². The Balaban J connectivity index is 1.78. The summed E-state index contributed by atoms with van der Waals surface area (Å²) in [7, 11) is 0. The van der Waals surface area contributed by atoms with Gasteiger partial charge in [0, 0.05) is 30.1 Å². The molecule has 1 aliphatic rings. The average Bonchev–Trinajstić information content (AvgIpc) is 2.59. The maximum absolute atomic E-state index is 14.3. The van der Waals surface area contributed by atoms with Crippen molar-refractivity contribution >= 4 is 23.3 Å². The highest BCUT2D eigenvalue weighted by atomic mass is 35.5. The summed E-state index contributed by atoms with van der Waals surface area (Å²) < 4.78 is 14.3. The Morgan fingerprint density at radius 2 is 2.16 bits per heavy atom. The minimum Gasteiger partial charge on any atom is -0.353 e. The molecule has 5 nitrogen and oxygen atoms in total. The van der Waals surface area contributed by atoms with Gasteiger partial charge in [0.15, 0.2) is 0 Å². The summed E-state index contributed by atoms with van der Waals surface area (Å²) in [6.07, 6.45) is 0.882. The fraction of sp³-hybridized carbons (Fsp3) is 0.389. The Kier molecular flexibility index (Phi) is 5.18. The molecule has 0 aliphatic carbocycles. The number of alkyl halides is 1. The minimum atomic E-state index is -1.13. The van der Waals surface area contributed by atoms with E-state index in [1.165, 1.54) is 13.3 Å². The smallest absolute Gasteiger partial charge is 0.217 e. The maximum Gasteiger partial charge on any atom is 0.217 e. The zero-order chi connectivity index (χ0) is 18.0. The van der Waals surface area contributed by atoms with Gasteiger partial charge in [-0.05, 0) is 25.0 Å². The summed E-state index contributed by atoms with van der Waals surface area (Å²) in [4.78, 5) is 21.6. The van der Waals surface area contributed by atoms with Crippen LogP contribution in [-0.4, -0.2) is 41.2 Å². The third kappa shape index (κ3) is 4.07. The Morgan fingerprint density at radius 3 is 2.84 bits per heavy atom. The molecular formula is C18H20ClFN4O. The number of amides is 1. The van der Waals surface area contributed by atoms with E-state index in [2.05, 4.69) is 15.3 Å². The molecule has 3 rings (SSSR count). The molecule has 0 bridgehead atoms. The summed E-state index contributed by atoms with van der Waals surface area (Å²) in [6.45, 7) is 4.16. The van der Waals surface area contributed by atoms with E-state index >= 15 is 0 Å². The number of hydrogen-bond donors (Lipinski definition) is 1. The van der Waals surface area contributed by atoms with Crippen molar-refractivity contribution in [1.82, 2.24) is 15.3 Å². The highest BCUT2D eigenvalue weighted by molar-refractivity contribution is 6.31. The first-order valence-corrected chi connectivity index (χ1v) is 8.56. The molecule has 25 heavy (non-hydrogen) atoms. The van der Waals surface area contributed by atoms with Crippen LogP contribution in [-0.2, 0) is 4.79 Å². The fourth-order valence-electron chi connectivity index (χ4n) is 2.97. The molecule has 2 aromatic rings. The second kappa shape index (κ2) is 7.35. The first-order valence-electron chi connectivity index (χ1n) is 8.18. The molecule has 1 N–H and O–H groups in total. The van der Waals surface area contributed by atoms with Crippen LogP contribution < -0.4 is 10.2 Å². The van der Waals surface area contributed by atoms with Crippen molar-refractivity contribution in [3.05, 3.63) is 41.2 Å². The van der Waals surface area contributed by atoms with E-state index in [1.54, 1.807) is 0 Å². The number of aryl methyl sites for hydroxylation is 1. The van der Waals surface area contributed by atoms with E-state index in [9.17, 15) is 9.18 Å². The van der Waals surface area contributed by atoms with Crippen LogP contribution in [0, 0.1) is 6.92 Å². The van der Waals surface area contributed by atoms with Crippen LogP contribution in [0.3, 0.4) is 0 Å². The van der Waals surface area contributed by atoms with E-state index in [-0.39, 0.29) is 12.5 Å². The molecule has 132 valence electrons. The van der Waals surface area contributed by atoms with Gasteiger partial charge in [0.2, 0.25) is 5.91 Å². The SMILES string of the molecule is CC(=O)N[C@@H]1CCN(c2cc(-c3ccc(C)c(Cl)c3)ncn2)C[C@H]1F. The van der Waals surface area contributed by atoms with Crippen molar-refractivity contribution in [1.29, 1.82) is 0 Å². The first kappa shape index (κ1) is 17.6. The van der Waals surface area contributed by atoms with Crippen molar-refractivity contribution in [2.24, 2.45) is 0 Å². The van der Waals surface area contributed by atoms with Crippen LogP contribution in [0.2, 0.25) is 5.02 Å². The Morgan fingerprint density at radius 1 is 1.36 bits per heavy atom. The second-order valence-electron chi connectivity index (χ2n) is 6.28. The summed E-state index contributed by atoms with van der Waals surface area (Å²) in [5, 5.41) is 3.34. The van der Waals surface area contributed by atoms with E-state index < -0.39 is 12.2 Å². The number of hydrogen-bond acceptors (Lipinski definition) is 4. The molecule has 0 unspecified atom stereocenters. The van der Waals surface area contributed by atoms with E-state index in [4.69, 9.17) is 11.6 Å². The third-order valence-corrected chi connectivity index (χ3v) is 4.78. The van der Waals surface area contributed by atoms with Crippen molar-refractivity contribution in [2.45, 2.75) is 32.5 Å². The molecule has 0 saturated carbocycles. The summed E-state index contributed by atoms with van der Waals surface area (Å²) >= 11 is 6.19. The highest BCUT2D eigenvalue weighted by Crippen LogP contribution is 2.27. The normalized spacial score (nSPS) is 20.4. The predicted molar refractivity (Wildman–Crippen MR) is 96.5 cm³/mol.